The quantitative estimate of drug-likeness (QED) is 0.602. The molecule has 2 aliphatic rings. The number of para-hydroxylation sites is 1. The molecule has 0 radical (unpaired) electrons. The molecule has 0 aromatic heterocycles. The molecule has 70 valence electrons. The van der Waals surface area contributed by atoms with Gasteiger partial charge in [-0.1, -0.05) is 35.9 Å². The Morgan fingerprint density at radius 3 is 3.00 bits per heavy atom. The molecule has 1 aromatic rings. The molecular weight excluding hydrogens is 172 g/mol. The summed E-state index contributed by atoms with van der Waals surface area (Å²) in [4.78, 5) is 0. The van der Waals surface area contributed by atoms with Crippen LogP contribution in [0.5, 0.6) is 5.75 Å². The Bertz CT molecular complexity index is 429. The van der Waals surface area contributed by atoms with E-state index in [0.29, 0.717) is 5.92 Å². The van der Waals surface area contributed by atoms with Gasteiger partial charge in [-0.25, -0.2) is 0 Å². The van der Waals surface area contributed by atoms with Crippen molar-refractivity contribution in [1.29, 1.82) is 0 Å². The molecule has 3 rings (SSSR count). The van der Waals surface area contributed by atoms with Gasteiger partial charge in [-0.05, 0) is 19.1 Å². The minimum Gasteiger partial charge on any atom is -0.485 e. The van der Waals surface area contributed by atoms with Gasteiger partial charge in [-0.2, -0.15) is 0 Å². The van der Waals surface area contributed by atoms with E-state index in [-0.39, 0.29) is 6.10 Å². The lowest BCUT2D eigenvalue weighted by atomic mass is 9.86. The third-order valence-corrected chi connectivity index (χ3v) is 3.00. The third-order valence-electron chi connectivity index (χ3n) is 3.00. The van der Waals surface area contributed by atoms with Crippen molar-refractivity contribution in [2.75, 3.05) is 0 Å². The first-order chi connectivity index (χ1) is 6.86. The Morgan fingerprint density at radius 1 is 1.21 bits per heavy atom. The lowest BCUT2D eigenvalue weighted by Crippen LogP contribution is -2.18. The summed E-state index contributed by atoms with van der Waals surface area (Å²) in [5.41, 5.74) is 2.72. The predicted molar refractivity (Wildman–Crippen MR) is 56.5 cm³/mol. The number of fused-ring (bicyclic) bond motifs is 3. The lowest BCUT2D eigenvalue weighted by Gasteiger charge is -2.19. The Morgan fingerprint density at radius 2 is 2.07 bits per heavy atom. The molecule has 1 heterocycles. The van der Waals surface area contributed by atoms with E-state index >= 15 is 0 Å². The third kappa shape index (κ3) is 0.955. The van der Waals surface area contributed by atoms with Gasteiger partial charge in [0.15, 0.2) is 0 Å². The minimum atomic E-state index is 0.220. The van der Waals surface area contributed by atoms with Crippen LogP contribution >= 0.6 is 0 Å². The molecule has 2 unspecified atom stereocenters. The number of benzene rings is 1. The van der Waals surface area contributed by atoms with E-state index in [2.05, 4.69) is 43.4 Å². The molecule has 0 fully saturated rings. The number of ether oxygens (including phenoxy) is 1. The number of rotatable bonds is 0. The van der Waals surface area contributed by atoms with Crippen LogP contribution in [0.25, 0.3) is 0 Å². The zero-order valence-corrected chi connectivity index (χ0v) is 8.10. The largest absolute Gasteiger partial charge is 0.485 e. The summed E-state index contributed by atoms with van der Waals surface area (Å²) < 4.78 is 5.85. The van der Waals surface area contributed by atoms with E-state index in [1.54, 1.807) is 0 Å². The highest BCUT2D eigenvalue weighted by Crippen LogP contribution is 2.43. The van der Waals surface area contributed by atoms with Gasteiger partial charge in [0, 0.05) is 11.5 Å². The van der Waals surface area contributed by atoms with Crippen molar-refractivity contribution in [1.82, 2.24) is 0 Å². The molecule has 0 saturated heterocycles. The number of hydrogen-bond donors (Lipinski definition) is 0. The van der Waals surface area contributed by atoms with Crippen molar-refractivity contribution in [2.45, 2.75) is 18.9 Å². The van der Waals surface area contributed by atoms with Gasteiger partial charge in [0.1, 0.15) is 11.9 Å². The first-order valence-electron chi connectivity index (χ1n) is 4.97. The Hall–Kier alpha value is -1.50. The molecule has 1 nitrogen and oxygen atoms in total. The fourth-order valence-electron chi connectivity index (χ4n) is 2.31. The zero-order chi connectivity index (χ0) is 9.54. The second-order valence-electron chi connectivity index (χ2n) is 3.89. The predicted octanol–water partition coefficient (Wildman–Crippen LogP) is 3.05. The molecule has 14 heavy (non-hydrogen) atoms. The summed E-state index contributed by atoms with van der Waals surface area (Å²) in [5, 5.41) is 0. The van der Waals surface area contributed by atoms with E-state index in [9.17, 15) is 0 Å². The second-order valence-corrected chi connectivity index (χ2v) is 3.89. The Labute approximate surface area is 83.7 Å². The van der Waals surface area contributed by atoms with Crippen molar-refractivity contribution in [3.05, 3.63) is 53.6 Å². The number of hydrogen-bond acceptors (Lipinski definition) is 1. The lowest BCUT2D eigenvalue weighted by molar-refractivity contribution is 0.265. The van der Waals surface area contributed by atoms with Gasteiger partial charge >= 0.3 is 0 Å². The van der Waals surface area contributed by atoms with Gasteiger partial charge in [-0.3, -0.25) is 0 Å². The van der Waals surface area contributed by atoms with Crippen LogP contribution < -0.4 is 4.74 Å². The average Bonchev–Trinajstić information content (AvgIpc) is 2.57. The van der Waals surface area contributed by atoms with Gasteiger partial charge in [0.05, 0.1) is 0 Å². The highest BCUT2D eigenvalue weighted by molar-refractivity contribution is 5.48. The molecule has 2 atom stereocenters. The van der Waals surface area contributed by atoms with Crippen LogP contribution in [0.4, 0.5) is 0 Å². The van der Waals surface area contributed by atoms with Gasteiger partial charge in [0.2, 0.25) is 0 Å². The number of allylic oxidation sites excluding steroid dienone is 2. The smallest absolute Gasteiger partial charge is 0.128 e. The molecule has 0 amide bonds. The van der Waals surface area contributed by atoms with Gasteiger partial charge < -0.3 is 4.74 Å². The van der Waals surface area contributed by atoms with Crippen molar-refractivity contribution < 1.29 is 4.74 Å². The fraction of sp³-hybridized carbons (Fsp3) is 0.231. The average molecular weight is 184 g/mol. The maximum atomic E-state index is 5.85. The zero-order valence-electron chi connectivity index (χ0n) is 8.10. The molecular formula is C13H12O. The minimum absolute atomic E-state index is 0.220. The van der Waals surface area contributed by atoms with Crippen LogP contribution in [0.3, 0.4) is 0 Å². The maximum absolute atomic E-state index is 5.85. The maximum Gasteiger partial charge on any atom is 0.128 e. The van der Waals surface area contributed by atoms with E-state index < -0.39 is 0 Å². The highest BCUT2D eigenvalue weighted by Gasteiger charge is 2.34. The summed E-state index contributed by atoms with van der Waals surface area (Å²) in [5.74, 6) is 1.48. The van der Waals surface area contributed by atoms with Crippen molar-refractivity contribution in [2.24, 2.45) is 0 Å². The van der Waals surface area contributed by atoms with E-state index in [1.165, 1.54) is 11.1 Å². The fourth-order valence-corrected chi connectivity index (χ4v) is 2.31. The summed E-state index contributed by atoms with van der Waals surface area (Å²) in [6, 6.07) is 8.32. The molecule has 1 aromatic carbocycles. The summed E-state index contributed by atoms with van der Waals surface area (Å²) in [6.07, 6.45) is 6.62. The Balaban J connectivity index is 2.14. The summed E-state index contributed by atoms with van der Waals surface area (Å²) in [6.45, 7) is 2.17. The van der Waals surface area contributed by atoms with Crippen LogP contribution in [-0.4, -0.2) is 6.10 Å². The first kappa shape index (κ1) is 7.86. The topological polar surface area (TPSA) is 9.23 Å². The summed E-state index contributed by atoms with van der Waals surface area (Å²) >= 11 is 0. The van der Waals surface area contributed by atoms with Crippen molar-refractivity contribution in [3.8, 4) is 5.75 Å². The standard InChI is InChI=1S/C13H12O/c1-9-5-4-8-12-13(9)10-6-2-3-7-11(10)14-12/h2-8,12-13H,1H3. The molecule has 0 saturated carbocycles. The van der Waals surface area contributed by atoms with Crippen LogP contribution in [-0.2, 0) is 0 Å². The first-order valence-corrected chi connectivity index (χ1v) is 4.97. The normalized spacial score (nSPS) is 27.6. The van der Waals surface area contributed by atoms with Gasteiger partial charge in [-0.15, -0.1) is 0 Å². The molecule has 0 N–H and O–H groups in total. The van der Waals surface area contributed by atoms with Crippen molar-refractivity contribution >= 4 is 0 Å². The molecule has 0 bridgehead atoms. The van der Waals surface area contributed by atoms with Crippen LogP contribution in [0.15, 0.2) is 48.1 Å². The van der Waals surface area contributed by atoms with E-state index in [4.69, 9.17) is 4.74 Å². The molecule has 1 aliphatic heterocycles. The SMILES string of the molecule is CC1=CC=CC2Oc3ccccc3C12. The highest BCUT2D eigenvalue weighted by atomic mass is 16.5. The molecule has 1 heteroatoms. The van der Waals surface area contributed by atoms with Crippen LogP contribution in [0.1, 0.15) is 18.4 Å². The van der Waals surface area contributed by atoms with Crippen LogP contribution in [0, 0.1) is 0 Å². The Kier molecular flexibility index (Phi) is 1.54. The second kappa shape index (κ2) is 2.74. The molecule has 1 aliphatic carbocycles. The monoisotopic (exact) mass is 184 g/mol. The van der Waals surface area contributed by atoms with E-state index in [0.717, 1.165) is 5.75 Å². The van der Waals surface area contributed by atoms with Gasteiger partial charge in [0.25, 0.3) is 0 Å². The van der Waals surface area contributed by atoms with E-state index in [1.807, 2.05) is 6.07 Å². The van der Waals surface area contributed by atoms with Crippen LogP contribution in [0.2, 0.25) is 0 Å². The summed E-state index contributed by atoms with van der Waals surface area (Å²) in [7, 11) is 0. The van der Waals surface area contributed by atoms with Crippen molar-refractivity contribution in [3.63, 3.8) is 0 Å². The molecule has 0 spiro atoms.